The minimum atomic E-state index is -0.174. The van der Waals surface area contributed by atoms with Crippen molar-refractivity contribution in [2.75, 3.05) is 6.61 Å². The van der Waals surface area contributed by atoms with Gasteiger partial charge >= 0.3 is 6.03 Å². The first kappa shape index (κ1) is 16.5. The van der Waals surface area contributed by atoms with Crippen LogP contribution in [0.4, 0.5) is 4.79 Å². The number of benzene rings is 1. The minimum Gasteiger partial charge on any atom is -0.376 e. The number of nitrogens with zero attached hydrogens (tertiary/aromatic N) is 2. The molecule has 0 unspecified atom stereocenters. The summed E-state index contributed by atoms with van der Waals surface area (Å²) in [5.74, 6) is 0. The van der Waals surface area contributed by atoms with E-state index >= 15 is 0 Å². The Morgan fingerprint density at radius 2 is 2.21 bits per heavy atom. The number of carbonyl (C=O) groups excluding carboxylic acids is 1. The smallest absolute Gasteiger partial charge is 0.315 e. The Morgan fingerprint density at radius 1 is 1.38 bits per heavy atom. The summed E-state index contributed by atoms with van der Waals surface area (Å²) in [6.07, 6.45) is 4.98. The van der Waals surface area contributed by atoms with E-state index in [1.165, 1.54) is 0 Å². The molecule has 0 bridgehead atoms. The maximum absolute atomic E-state index is 12.1. The van der Waals surface area contributed by atoms with Gasteiger partial charge in [0.2, 0.25) is 0 Å². The quantitative estimate of drug-likeness (QED) is 0.856. The van der Waals surface area contributed by atoms with Crippen molar-refractivity contribution in [2.45, 2.75) is 44.9 Å². The van der Waals surface area contributed by atoms with E-state index in [9.17, 15) is 4.79 Å². The maximum atomic E-state index is 12.1. The standard InChI is InChI=1S/C18H24N4O2/c1-2-16(17-9-6-12-24-17)20-18(23)19-13-14-10-11-22(21-14)15-7-4-3-5-8-15/h3-5,7-8,10-11,16-17H,2,6,9,12-13H2,1H3,(H2,19,20,23)/t16-,17-/m1/s1. The highest BCUT2D eigenvalue weighted by atomic mass is 16.5. The lowest BCUT2D eigenvalue weighted by Gasteiger charge is -2.22. The Balaban J connectivity index is 1.50. The third-order valence-corrected chi connectivity index (χ3v) is 4.27. The van der Waals surface area contributed by atoms with Crippen molar-refractivity contribution in [1.29, 1.82) is 0 Å². The Morgan fingerprint density at radius 3 is 2.92 bits per heavy atom. The average Bonchev–Trinajstić information content (AvgIpc) is 3.30. The first-order chi connectivity index (χ1) is 11.8. The van der Waals surface area contributed by atoms with E-state index in [0.717, 1.165) is 37.3 Å². The highest BCUT2D eigenvalue weighted by Gasteiger charge is 2.25. The fourth-order valence-electron chi connectivity index (χ4n) is 2.95. The van der Waals surface area contributed by atoms with Gasteiger partial charge in [0.25, 0.3) is 0 Å². The monoisotopic (exact) mass is 328 g/mol. The van der Waals surface area contributed by atoms with Gasteiger partial charge in [-0.2, -0.15) is 5.10 Å². The molecule has 6 nitrogen and oxygen atoms in total. The maximum Gasteiger partial charge on any atom is 0.315 e. The molecule has 1 aliphatic rings. The van der Waals surface area contributed by atoms with Crippen molar-refractivity contribution in [2.24, 2.45) is 0 Å². The molecule has 0 radical (unpaired) electrons. The summed E-state index contributed by atoms with van der Waals surface area (Å²) in [5, 5.41) is 10.4. The van der Waals surface area contributed by atoms with Gasteiger partial charge in [-0.3, -0.25) is 0 Å². The number of urea groups is 1. The fourth-order valence-corrected chi connectivity index (χ4v) is 2.95. The SMILES string of the molecule is CC[C@@H](NC(=O)NCc1ccn(-c2ccccc2)n1)[C@H]1CCCO1. The van der Waals surface area contributed by atoms with Crippen molar-refractivity contribution in [3.63, 3.8) is 0 Å². The highest BCUT2D eigenvalue weighted by Crippen LogP contribution is 2.17. The largest absolute Gasteiger partial charge is 0.376 e. The number of ether oxygens (including phenoxy) is 1. The Kier molecular flexibility index (Phi) is 5.48. The van der Waals surface area contributed by atoms with Crippen molar-refractivity contribution in [3.05, 3.63) is 48.3 Å². The third-order valence-electron chi connectivity index (χ3n) is 4.27. The summed E-state index contributed by atoms with van der Waals surface area (Å²) in [6.45, 7) is 3.25. The molecule has 0 spiro atoms. The van der Waals surface area contributed by atoms with Crippen LogP contribution in [0.5, 0.6) is 0 Å². The topological polar surface area (TPSA) is 68.2 Å². The molecule has 1 saturated heterocycles. The zero-order valence-electron chi connectivity index (χ0n) is 13.9. The third kappa shape index (κ3) is 4.14. The molecule has 0 saturated carbocycles. The lowest BCUT2D eigenvalue weighted by Crippen LogP contribution is -2.47. The minimum absolute atomic E-state index is 0.0642. The lowest BCUT2D eigenvalue weighted by molar-refractivity contribution is 0.0796. The van der Waals surface area contributed by atoms with Crippen LogP contribution >= 0.6 is 0 Å². The van der Waals surface area contributed by atoms with Crippen LogP contribution in [0.2, 0.25) is 0 Å². The molecule has 1 aliphatic heterocycles. The summed E-state index contributed by atoms with van der Waals surface area (Å²) in [6, 6.07) is 11.7. The van der Waals surface area contributed by atoms with Crippen LogP contribution in [0.25, 0.3) is 5.69 Å². The van der Waals surface area contributed by atoms with Gasteiger partial charge in [-0.1, -0.05) is 25.1 Å². The number of para-hydroxylation sites is 1. The molecule has 1 aromatic carbocycles. The van der Waals surface area contributed by atoms with Crippen molar-refractivity contribution in [1.82, 2.24) is 20.4 Å². The van der Waals surface area contributed by atoms with E-state index in [1.807, 2.05) is 42.6 Å². The molecule has 2 heterocycles. The molecule has 3 rings (SSSR count). The lowest BCUT2D eigenvalue weighted by atomic mass is 10.1. The van der Waals surface area contributed by atoms with E-state index in [1.54, 1.807) is 4.68 Å². The summed E-state index contributed by atoms with van der Waals surface area (Å²) in [4.78, 5) is 12.1. The van der Waals surface area contributed by atoms with Gasteiger partial charge < -0.3 is 15.4 Å². The molecule has 6 heteroatoms. The van der Waals surface area contributed by atoms with Gasteiger partial charge in [0, 0.05) is 12.8 Å². The molecule has 2 atom stereocenters. The van der Waals surface area contributed by atoms with Crippen molar-refractivity contribution >= 4 is 6.03 Å². The van der Waals surface area contributed by atoms with Crippen LogP contribution in [-0.4, -0.2) is 34.6 Å². The number of amides is 2. The van der Waals surface area contributed by atoms with E-state index in [2.05, 4.69) is 22.7 Å². The Labute approximate surface area is 142 Å². The first-order valence-electron chi connectivity index (χ1n) is 8.52. The summed E-state index contributed by atoms with van der Waals surface area (Å²) < 4.78 is 7.47. The van der Waals surface area contributed by atoms with Crippen molar-refractivity contribution in [3.8, 4) is 5.69 Å². The van der Waals surface area contributed by atoms with Crippen LogP contribution in [0.3, 0.4) is 0 Å². The second-order valence-corrected chi connectivity index (χ2v) is 5.98. The number of aromatic nitrogens is 2. The van der Waals surface area contributed by atoms with Crippen LogP contribution in [-0.2, 0) is 11.3 Å². The second kappa shape index (κ2) is 7.97. The predicted octanol–water partition coefficient (Wildman–Crippen LogP) is 2.63. The number of hydrogen-bond donors (Lipinski definition) is 2. The molecule has 0 aliphatic carbocycles. The van der Waals surface area contributed by atoms with E-state index in [-0.39, 0.29) is 18.2 Å². The zero-order chi connectivity index (χ0) is 16.8. The zero-order valence-corrected chi connectivity index (χ0v) is 13.9. The van der Waals surface area contributed by atoms with Crippen LogP contribution in [0.15, 0.2) is 42.6 Å². The van der Waals surface area contributed by atoms with Gasteiger partial charge in [-0.05, 0) is 37.5 Å². The molecule has 1 fully saturated rings. The van der Waals surface area contributed by atoms with Gasteiger partial charge in [0.05, 0.1) is 30.1 Å². The predicted molar refractivity (Wildman–Crippen MR) is 92.0 cm³/mol. The van der Waals surface area contributed by atoms with E-state index in [4.69, 9.17) is 4.74 Å². The van der Waals surface area contributed by atoms with E-state index in [0.29, 0.717) is 6.54 Å². The number of nitrogens with one attached hydrogen (secondary N) is 2. The number of rotatable bonds is 6. The molecule has 1 aromatic heterocycles. The van der Waals surface area contributed by atoms with E-state index < -0.39 is 0 Å². The second-order valence-electron chi connectivity index (χ2n) is 5.98. The van der Waals surface area contributed by atoms with Gasteiger partial charge in [-0.25, -0.2) is 9.48 Å². The van der Waals surface area contributed by atoms with Crippen LogP contribution < -0.4 is 10.6 Å². The fraction of sp³-hybridized carbons (Fsp3) is 0.444. The van der Waals surface area contributed by atoms with Gasteiger partial charge in [0.15, 0.2) is 0 Å². The first-order valence-corrected chi connectivity index (χ1v) is 8.52. The molecular weight excluding hydrogens is 304 g/mol. The summed E-state index contributed by atoms with van der Waals surface area (Å²) in [7, 11) is 0. The molecular formula is C18H24N4O2. The number of carbonyl (C=O) groups is 1. The Bertz CT molecular complexity index is 650. The summed E-state index contributed by atoms with van der Waals surface area (Å²) >= 11 is 0. The molecule has 2 N–H and O–H groups in total. The molecule has 2 aromatic rings. The summed E-state index contributed by atoms with van der Waals surface area (Å²) in [5.41, 5.74) is 1.82. The Hall–Kier alpha value is -2.34. The number of hydrogen-bond acceptors (Lipinski definition) is 3. The van der Waals surface area contributed by atoms with Gasteiger partial charge in [0.1, 0.15) is 0 Å². The van der Waals surface area contributed by atoms with Gasteiger partial charge in [-0.15, -0.1) is 0 Å². The molecule has 24 heavy (non-hydrogen) atoms. The van der Waals surface area contributed by atoms with Crippen LogP contribution in [0, 0.1) is 0 Å². The van der Waals surface area contributed by atoms with Crippen molar-refractivity contribution < 1.29 is 9.53 Å². The molecule has 2 amide bonds. The normalized spacial score (nSPS) is 18.3. The van der Waals surface area contributed by atoms with Crippen LogP contribution in [0.1, 0.15) is 31.9 Å². The highest BCUT2D eigenvalue weighted by molar-refractivity contribution is 5.74. The average molecular weight is 328 g/mol. The molecule has 128 valence electrons.